The second-order valence-electron chi connectivity index (χ2n) is 4.17. The first-order valence-corrected chi connectivity index (χ1v) is 6.08. The number of nitrogens with one attached hydrogen (secondary N) is 2. The average Bonchev–Trinajstić information content (AvgIpc) is 2.80. The first-order valence-electron chi connectivity index (χ1n) is 5.70. The molecule has 0 radical (unpaired) electrons. The number of anilines is 1. The minimum atomic E-state index is -0.986. The summed E-state index contributed by atoms with van der Waals surface area (Å²) in [5.74, 6) is -1.71. The number of hydrogen-bond donors (Lipinski definition) is 3. The lowest BCUT2D eigenvalue weighted by Gasteiger charge is -2.16. The molecule has 2 atom stereocenters. The number of para-hydroxylation sites is 1. The summed E-state index contributed by atoms with van der Waals surface area (Å²) in [6.45, 7) is 0.291. The van der Waals surface area contributed by atoms with Gasteiger partial charge in [0.2, 0.25) is 0 Å². The fourth-order valence-electron chi connectivity index (χ4n) is 1.83. The minimum Gasteiger partial charge on any atom is -0.481 e. The number of urea groups is 1. The number of benzene rings is 1. The third-order valence-electron chi connectivity index (χ3n) is 2.84. The van der Waals surface area contributed by atoms with Gasteiger partial charge in [0.05, 0.1) is 30.0 Å². The maximum atomic E-state index is 11.8. The van der Waals surface area contributed by atoms with Crippen LogP contribution in [0.3, 0.4) is 0 Å². The lowest BCUT2D eigenvalue weighted by atomic mass is 10.0. The van der Waals surface area contributed by atoms with Gasteiger partial charge < -0.3 is 20.5 Å². The summed E-state index contributed by atoms with van der Waals surface area (Å²) in [4.78, 5) is 22.7. The summed E-state index contributed by atoms with van der Waals surface area (Å²) in [6.07, 6.45) is 0. The zero-order valence-electron chi connectivity index (χ0n) is 9.93. The molecule has 102 valence electrons. The number of carboxylic acid groups (broad SMARTS) is 1. The fourth-order valence-corrected chi connectivity index (χ4v) is 2.01. The van der Waals surface area contributed by atoms with Gasteiger partial charge in [0.15, 0.2) is 0 Å². The minimum absolute atomic E-state index is 0.104. The fraction of sp³-hybridized carbons (Fsp3) is 0.333. The molecule has 0 bridgehead atoms. The topological polar surface area (TPSA) is 87.7 Å². The van der Waals surface area contributed by atoms with E-state index >= 15 is 0 Å². The standard InChI is InChI=1S/C12H13ClN2O4/c13-8-3-1-2-4-9(8)14-12(18)15-10-6-19-5-7(10)11(16)17/h1-4,7,10H,5-6H2,(H,16,17)(H2,14,15,18). The molecule has 0 saturated carbocycles. The number of carbonyl (C=O) groups is 2. The zero-order chi connectivity index (χ0) is 13.8. The molecule has 1 aliphatic rings. The van der Waals surface area contributed by atoms with Crippen LogP contribution < -0.4 is 10.6 Å². The van der Waals surface area contributed by atoms with E-state index in [2.05, 4.69) is 10.6 Å². The third-order valence-corrected chi connectivity index (χ3v) is 3.17. The van der Waals surface area contributed by atoms with Gasteiger partial charge in [0.1, 0.15) is 5.92 Å². The molecule has 1 aliphatic heterocycles. The Labute approximate surface area is 114 Å². The van der Waals surface area contributed by atoms with Crippen LogP contribution in [0.1, 0.15) is 0 Å². The summed E-state index contributed by atoms with van der Waals surface area (Å²) in [6, 6.07) is 5.74. The average molecular weight is 285 g/mol. The molecular weight excluding hydrogens is 272 g/mol. The van der Waals surface area contributed by atoms with Crippen molar-refractivity contribution in [3.05, 3.63) is 29.3 Å². The summed E-state index contributed by atoms with van der Waals surface area (Å²) < 4.78 is 5.06. The molecule has 2 amide bonds. The molecule has 2 rings (SSSR count). The lowest BCUT2D eigenvalue weighted by Crippen LogP contribution is -2.44. The van der Waals surface area contributed by atoms with E-state index in [0.29, 0.717) is 10.7 Å². The van der Waals surface area contributed by atoms with E-state index in [0.717, 1.165) is 0 Å². The highest BCUT2D eigenvalue weighted by molar-refractivity contribution is 6.33. The normalized spacial score (nSPS) is 21.9. The molecule has 19 heavy (non-hydrogen) atoms. The quantitative estimate of drug-likeness (QED) is 0.786. The van der Waals surface area contributed by atoms with Crippen LogP contribution in [0, 0.1) is 5.92 Å². The van der Waals surface area contributed by atoms with Gasteiger partial charge in [-0.05, 0) is 12.1 Å². The van der Waals surface area contributed by atoms with Gasteiger partial charge >= 0.3 is 12.0 Å². The summed E-state index contributed by atoms with van der Waals surface area (Å²) in [5, 5.41) is 14.5. The van der Waals surface area contributed by atoms with Crippen molar-refractivity contribution >= 4 is 29.3 Å². The van der Waals surface area contributed by atoms with E-state index in [1.54, 1.807) is 24.3 Å². The SMILES string of the molecule is O=C(Nc1ccccc1Cl)NC1COCC1C(=O)O. The highest BCUT2D eigenvalue weighted by Crippen LogP contribution is 2.20. The van der Waals surface area contributed by atoms with Gasteiger partial charge in [-0.15, -0.1) is 0 Å². The predicted molar refractivity (Wildman–Crippen MR) is 69.3 cm³/mol. The molecule has 1 saturated heterocycles. The summed E-state index contributed by atoms with van der Waals surface area (Å²) in [5.41, 5.74) is 0.465. The van der Waals surface area contributed by atoms with Gasteiger partial charge in [0, 0.05) is 0 Å². The second kappa shape index (κ2) is 5.90. The highest BCUT2D eigenvalue weighted by atomic mass is 35.5. The van der Waals surface area contributed by atoms with E-state index in [1.807, 2.05) is 0 Å². The van der Waals surface area contributed by atoms with E-state index in [4.69, 9.17) is 21.4 Å². The highest BCUT2D eigenvalue weighted by Gasteiger charge is 2.35. The molecule has 1 aromatic carbocycles. The molecule has 0 spiro atoms. The van der Waals surface area contributed by atoms with Gasteiger partial charge in [-0.1, -0.05) is 23.7 Å². The third kappa shape index (κ3) is 3.36. The Kier molecular flexibility index (Phi) is 4.24. The maximum absolute atomic E-state index is 11.8. The first-order chi connectivity index (χ1) is 9.08. The molecule has 0 aliphatic carbocycles. The van der Waals surface area contributed by atoms with E-state index < -0.39 is 24.0 Å². The van der Waals surface area contributed by atoms with Crippen LogP contribution in [0.15, 0.2) is 24.3 Å². The number of carboxylic acids is 1. The summed E-state index contributed by atoms with van der Waals surface area (Å²) in [7, 11) is 0. The van der Waals surface area contributed by atoms with E-state index in [-0.39, 0.29) is 13.2 Å². The lowest BCUT2D eigenvalue weighted by molar-refractivity contribution is -0.142. The molecule has 1 heterocycles. The van der Waals surface area contributed by atoms with E-state index in [1.165, 1.54) is 0 Å². The van der Waals surface area contributed by atoms with Crippen LogP contribution in [0.5, 0.6) is 0 Å². The van der Waals surface area contributed by atoms with Crippen molar-refractivity contribution < 1.29 is 19.4 Å². The molecule has 6 nitrogen and oxygen atoms in total. The van der Waals surface area contributed by atoms with Crippen molar-refractivity contribution in [1.82, 2.24) is 5.32 Å². The van der Waals surface area contributed by atoms with Gasteiger partial charge in [0.25, 0.3) is 0 Å². The van der Waals surface area contributed by atoms with Gasteiger partial charge in [-0.2, -0.15) is 0 Å². The van der Waals surface area contributed by atoms with Crippen molar-refractivity contribution in [3.8, 4) is 0 Å². The molecule has 0 aromatic heterocycles. The Morgan fingerprint density at radius 1 is 1.32 bits per heavy atom. The Morgan fingerprint density at radius 2 is 2.05 bits per heavy atom. The Bertz CT molecular complexity index is 494. The van der Waals surface area contributed by atoms with Crippen LogP contribution in [-0.2, 0) is 9.53 Å². The van der Waals surface area contributed by atoms with Crippen molar-refractivity contribution in [2.45, 2.75) is 6.04 Å². The van der Waals surface area contributed by atoms with E-state index in [9.17, 15) is 9.59 Å². The van der Waals surface area contributed by atoms with Crippen molar-refractivity contribution in [2.24, 2.45) is 5.92 Å². The molecule has 1 aromatic rings. The number of hydrogen-bond acceptors (Lipinski definition) is 3. The smallest absolute Gasteiger partial charge is 0.319 e. The van der Waals surface area contributed by atoms with Gasteiger partial charge in [-0.25, -0.2) is 4.79 Å². The van der Waals surface area contributed by atoms with Crippen molar-refractivity contribution in [2.75, 3.05) is 18.5 Å². The van der Waals surface area contributed by atoms with Crippen LogP contribution in [-0.4, -0.2) is 36.4 Å². The Balaban J connectivity index is 1.95. The number of ether oxygens (including phenoxy) is 1. The molecule has 2 unspecified atom stereocenters. The molecule has 1 fully saturated rings. The monoisotopic (exact) mass is 284 g/mol. The second-order valence-corrected chi connectivity index (χ2v) is 4.57. The van der Waals surface area contributed by atoms with Crippen LogP contribution >= 0.6 is 11.6 Å². The molecule has 7 heteroatoms. The summed E-state index contributed by atoms with van der Waals surface area (Å²) >= 11 is 5.90. The van der Waals surface area contributed by atoms with Crippen LogP contribution in [0.2, 0.25) is 5.02 Å². The number of amides is 2. The first kappa shape index (κ1) is 13.6. The van der Waals surface area contributed by atoms with Crippen molar-refractivity contribution in [1.29, 1.82) is 0 Å². The molecular formula is C12H13ClN2O4. The number of carbonyl (C=O) groups excluding carboxylic acids is 1. The van der Waals surface area contributed by atoms with Crippen molar-refractivity contribution in [3.63, 3.8) is 0 Å². The Hall–Kier alpha value is -1.79. The number of rotatable bonds is 3. The van der Waals surface area contributed by atoms with Crippen LogP contribution in [0.4, 0.5) is 10.5 Å². The predicted octanol–water partition coefficient (Wildman–Crippen LogP) is 1.56. The maximum Gasteiger partial charge on any atom is 0.319 e. The largest absolute Gasteiger partial charge is 0.481 e. The molecule has 3 N–H and O–H groups in total. The number of aliphatic carboxylic acids is 1. The number of halogens is 1. The van der Waals surface area contributed by atoms with Crippen LogP contribution in [0.25, 0.3) is 0 Å². The van der Waals surface area contributed by atoms with Gasteiger partial charge in [-0.3, -0.25) is 4.79 Å². The zero-order valence-corrected chi connectivity index (χ0v) is 10.7. The Morgan fingerprint density at radius 3 is 2.74 bits per heavy atom.